The maximum Gasteiger partial charge on any atom is 0.256 e. The van der Waals surface area contributed by atoms with E-state index < -0.39 is 17.8 Å². The van der Waals surface area contributed by atoms with Crippen LogP contribution in [0.25, 0.3) is 0 Å². The van der Waals surface area contributed by atoms with Gasteiger partial charge in [0.2, 0.25) is 0 Å². The summed E-state index contributed by atoms with van der Waals surface area (Å²) in [6, 6.07) is 14.7. The largest absolute Gasteiger partial charge is 0.378 e. The van der Waals surface area contributed by atoms with Crippen LogP contribution in [-0.2, 0) is 23.2 Å². The van der Waals surface area contributed by atoms with Crippen LogP contribution in [0.5, 0.6) is 0 Å². The van der Waals surface area contributed by atoms with Crippen molar-refractivity contribution in [2.75, 3.05) is 6.54 Å². The zero-order chi connectivity index (χ0) is 23.2. The van der Waals surface area contributed by atoms with E-state index >= 15 is 0 Å². The monoisotopic (exact) mass is 447 g/mol. The molecule has 0 bridgehead atoms. The molecule has 7 heteroatoms. The number of rotatable bonds is 4. The predicted octanol–water partition coefficient (Wildman–Crippen LogP) is 3.31. The fraction of sp³-hybridized carbons (Fsp3) is 0.346. The third-order valence-electron chi connectivity index (χ3n) is 6.88. The Morgan fingerprint density at radius 1 is 1.18 bits per heavy atom. The molecular weight excluding hydrogens is 421 g/mol. The van der Waals surface area contributed by atoms with E-state index in [0.29, 0.717) is 42.0 Å². The normalized spacial score (nSPS) is 17.7. The summed E-state index contributed by atoms with van der Waals surface area (Å²) in [5.41, 5.74) is 2.07. The molecule has 0 saturated heterocycles. The number of halogens is 1. The van der Waals surface area contributed by atoms with Gasteiger partial charge in [0.15, 0.2) is 6.10 Å². The molecule has 2 N–H and O–H groups in total. The van der Waals surface area contributed by atoms with Gasteiger partial charge < -0.3 is 15.0 Å². The Morgan fingerprint density at radius 2 is 1.94 bits per heavy atom. The number of aromatic amines is 1. The Hall–Kier alpha value is -3.32. The number of aliphatic hydroxyl groups excluding tert-OH is 1. The number of hydrogen-bond acceptors (Lipinski definition) is 4. The topological polar surface area (TPSA) is 86.3 Å². The first-order valence-electron chi connectivity index (χ1n) is 11.3. The molecule has 0 radical (unpaired) electrons. The molecule has 1 aliphatic carbocycles. The Labute approximate surface area is 191 Å². The summed E-state index contributed by atoms with van der Waals surface area (Å²) in [6.07, 6.45) is 1.41. The van der Waals surface area contributed by atoms with Crippen LogP contribution >= 0.6 is 0 Å². The highest BCUT2D eigenvalue weighted by atomic mass is 19.1. The van der Waals surface area contributed by atoms with Crippen molar-refractivity contribution in [3.63, 3.8) is 0 Å². The van der Waals surface area contributed by atoms with Crippen molar-refractivity contribution < 1.29 is 14.3 Å². The highest BCUT2D eigenvalue weighted by molar-refractivity contribution is 5.82. The number of amides is 1. The van der Waals surface area contributed by atoms with Gasteiger partial charge in [-0.3, -0.25) is 9.59 Å². The molecule has 1 amide bonds. The maximum absolute atomic E-state index is 14.5. The highest BCUT2D eigenvalue weighted by Crippen LogP contribution is 2.51. The van der Waals surface area contributed by atoms with Crippen LogP contribution < -0.4 is 5.56 Å². The van der Waals surface area contributed by atoms with Crippen molar-refractivity contribution in [1.82, 2.24) is 14.9 Å². The van der Waals surface area contributed by atoms with Gasteiger partial charge in [-0.2, -0.15) is 0 Å². The van der Waals surface area contributed by atoms with Gasteiger partial charge in [-0.15, -0.1) is 0 Å². The zero-order valence-electron chi connectivity index (χ0n) is 18.5. The lowest BCUT2D eigenvalue weighted by Crippen LogP contribution is -2.37. The molecule has 1 saturated carbocycles. The van der Waals surface area contributed by atoms with Crippen LogP contribution in [0.3, 0.4) is 0 Å². The molecule has 3 aromatic rings. The predicted molar refractivity (Wildman–Crippen MR) is 121 cm³/mol. The average molecular weight is 448 g/mol. The van der Waals surface area contributed by atoms with Crippen molar-refractivity contribution in [1.29, 1.82) is 0 Å². The molecule has 170 valence electrons. The van der Waals surface area contributed by atoms with E-state index in [4.69, 9.17) is 4.98 Å². The number of fused-ring (bicyclic) bond motifs is 1. The third kappa shape index (κ3) is 3.76. The van der Waals surface area contributed by atoms with E-state index in [0.717, 1.165) is 18.4 Å². The molecule has 1 fully saturated rings. The van der Waals surface area contributed by atoms with E-state index in [1.165, 1.54) is 11.0 Å². The van der Waals surface area contributed by atoms with Crippen molar-refractivity contribution in [3.05, 3.63) is 98.5 Å². The summed E-state index contributed by atoms with van der Waals surface area (Å²) in [7, 11) is 0. The van der Waals surface area contributed by atoms with E-state index in [1.807, 2.05) is 18.2 Å². The van der Waals surface area contributed by atoms with Crippen molar-refractivity contribution in [2.24, 2.45) is 0 Å². The van der Waals surface area contributed by atoms with Gasteiger partial charge in [0.05, 0.1) is 23.2 Å². The first-order valence-corrected chi connectivity index (χ1v) is 11.3. The second-order valence-corrected chi connectivity index (χ2v) is 9.03. The minimum Gasteiger partial charge on any atom is -0.378 e. The van der Waals surface area contributed by atoms with Gasteiger partial charge in [-0.25, -0.2) is 9.37 Å². The maximum atomic E-state index is 14.5. The van der Waals surface area contributed by atoms with Crippen LogP contribution in [0.15, 0.2) is 53.3 Å². The van der Waals surface area contributed by atoms with E-state index in [1.54, 1.807) is 19.1 Å². The average Bonchev–Trinajstić information content (AvgIpc) is 3.65. The van der Waals surface area contributed by atoms with Crippen LogP contribution in [0.2, 0.25) is 0 Å². The Balaban J connectivity index is 1.44. The minimum atomic E-state index is -1.62. The van der Waals surface area contributed by atoms with Crippen LogP contribution in [0.1, 0.15) is 59.1 Å². The molecule has 5 rings (SSSR count). The van der Waals surface area contributed by atoms with E-state index in [2.05, 4.69) is 17.1 Å². The summed E-state index contributed by atoms with van der Waals surface area (Å²) in [5, 5.41) is 10.6. The van der Waals surface area contributed by atoms with E-state index in [9.17, 15) is 19.1 Å². The molecule has 1 atom stereocenters. The first kappa shape index (κ1) is 21.5. The number of aromatic nitrogens is 2. The van der Waals surface area contributed by atoms with Gasteiger partial charge in [-0.1, -0.05) is 48.5 Å². The van der Waals surface area contributed by atoms with Crippen LogP contribution in [0.4, 0.5) is 4.39 Å². The number of aryl methyl sites for hydroxylation is 2. The smallest absolute Gasteiger partial charge is 0.256 e. The number of hydrogen-bond donors (Lipinski definition) is 2. The summed E-state index contributed by atoms with van der Waals surface area (Å²) in [4.78, 5) is 35.4. The Morgan fingerprint density at radius 3 is 2.67 bits per heavy atom. The minimum absolute atomic E-state index is 0.0413. The quantitative estimate of drug-likeness (QED) is 0.643. The van der Waals surface area contributed by atoms with Gasteiger partial charge >= 0.3 is 0 Å². The van der Waals surface area contributed by atoms with Gasteiger partial charge in [0, 0.05) is 12.1 Å². The molecule has 6 nitrogen and oxygen atoms in total. The lowest BCUT2D eigenvalue weighted by Gasteiger charge is -2.24. The lowest BCUT2D eigenvalue weighted by molar-refractivity contribution is -0.141. The zero-order valence-corrected chi connectivity index (χ0v) is 18.5. The lowest BCUT2D eigenvalue weighted by atomic mass is 9.94. The van der Waals surface area contributed by atoms with E-state index in [-0.39, 0.29) is 23.1 Å². The van der Waals surface area contributed by atoms with Gasteiger partial charge in [0.1, 0.15) is 11.6 Å². The Bertz CT molecular complexity index is 1270. The number of nitrogens with zero attached hydrogens (tertiary/aromatic N) is 2. The number of nitrogens with one attached hydrogen (secondary N) is 1. The molecule has 0 spiro atoms. The fourth-order valence-corrected chi connectivity index (χ4v) is 4.77. The summed E-state index contributed by atoms with van der Waals surface area (Å²) in [5.74, 6) is -0.522. The molecule has 33 heavy (non-hydrogen) atoms. The standard InChI is InChI=1S/C26H26FN3O3/c1-16-7-5-10-18(21(16)27)22(31)24(33)30-14-6-11-20-19(15-30)23(32)29-25(28-20)26(12-13-26)17-8-3-2-4-9-17/h2-5,7-10,22,31H,6,11-15H2,1H3,(H,28,29,32). The number of benzene rings is 2. The van der Waals surface area contributed by atoms with Gasteiger partial charge in [-0.05, 0) is 43.7 Å². The molecule has 2 aromatic carbocycles. The summed E-state index contributed by atoms with van der Waals surface area (Å²) in [6.45, 7) is 1.99. The number of aliphatic hydroxyl groups is 1. The van der Waals surface area contributed by atoms with Gasteiger partial charge in [0.25, 0.3) is 11.5 Å². The van der Waals surface area contributed by atoms with Crippen LogP contribution in [0, 0.1) is 12.7 Å². The SMILES string of the molecule is Cc1cccc(C(O)C(=O)N2CCCc3nc(C4(c5ccccc5)CC4)[nH]c(=O)c3C2)c1F. The molecule has 2 heterocycles. The highest BCUT2D eigenvalue weighted by Gasteiger charge is 2.48. The summed E-state index contributed by atoms with van der Waals surface area (Å²) >= 11 is 0. The number of H-pyrrole nitrogens is 1. The van der Waals surface area contributed by atoms with Crippen molar-refractivity contribution >= 4 is 5.91 Å². The second-order valence-electron chi connectivity index (χ2n) is 9.03. The summed E-state index contributed by atoms with van der Waals surface area (Å²) < 4.78 is 14.5. The van der Waals surface area contributed by atoms with Crippen molar-refractivity contribution in [3.8, 4) is 0 Å². The van der Waals surface area contributed by atoms with Crippen molar-refractivity contribution in [2.45, 2.75) is 50.7 Å². The Kier molecular flexibility index (Phi) is 5.37. The number of carbonyl (C=O) groups is 1. The van der Waals surface area contributed by atoms with Crippen LogP contribution in [-0.4, -0.2) is 32.4 Å². The second kappa shape index (κ2) is 8.23. The third-order valence-corrected chi connectivity index (χ3v) is 6.88. The molecular formula is C26H26FN3O3. The molecule has 2 aliphatic rings. The number of carbonyl (C=O) groups excluding carboxylic acids is 1. The molecule has 1 aliphatic heterocycles. The molecule has 1 unspecified atom stereocenters. The molecule has 1 aromatic heterocycles. The fourth-order valence-electron chi connectivity index (χ4n) is 4.77. The first-order chi connectivity index (χ1) is 15.9.